The van der Waals surface area contributed by atoms with E-state index in [0.29, 0.717) is 35.2 Å². The van der Waals surface area contributed by atoms with E-state index in [9.17, 15) is 13.6 Å². The van der Waals surface area contributed by atoms with E-state index in [0.717, 1.165) is 47.8 Å². The number of nitrogens with one attached hydrogen (secondary N) is 2. The number of carbonyl (C=O) groups excluding carboxylic acids is 1. The first kappa shape index (κ1) is 25.7. The highest BCUT2D eigenvalue weighted by atomic mass is 19.1. The molecule has 2 heterocycles. The van der Waals surface area contributed by atoms with E-state index in [1.165, 1.54) is 26.4 Å². The molecule has 8 heteroatoms. The molecule has 2 aromatic carbocycles. The lowest BCUT2D eigenvalue weighted by Crippen LogP contribution is -2.31. The van der Waals surface area contributed by atoms with Crippen molar-refractivity contribution < 1.29 is 23.0 Å². The predicted molar refractivity (Wildman–Crippen MR) is 143 cm³/mol. The topological polar surface area (TPSA) is 76.2 Å². The number of amides is 1. The van der Waals surface area contributed by atoms with Crippen molar-refractivity contribution in [3.05, 3.63) is 77.1 Å². The average Bonchev–Trinajstić information content (AvgIpc) is 3.32. The zero-order chi connectivity index (χ0) is 26.8. The number of fused-ring (bicyclic) bond motifs is 1. The summed E-state index contributed by atoms with van der Waals surface area (Å²) in [7, 11) is 2.82. The molecule has 0 atom stereocenters. The molecule has 2 N–H and O–H groups in total. The van der Waals surface area contributed by atoms with E-state index in [-0.39, 0.29) is 23.2 Å². The van der Waals surface area contributed by atoms with Crippen LogP contribution < -0.4 is 14.8 Å². The highest BCUT2D eigenvalue weighted by molar-refractivity contribution is 6.01. The van der Waals surface area contributed by atoms with Crippen molar-refractivity contribution in [2.24, 2.45) is 5.92 Å². The number of methoxy groups -OCH3 is 2. The Hall–Kier alpha value is -3.94. The van der Waals surface area contributed by atoms with Gasteiger partial charge in [0.15, 0.2) is 17.3 Å². The number of benzene rings is 2. The number of rotatable bonds is 7. The summed E-state index contributed by atoms with van der Waals surface area (Å²) in [6.45, 7) is 2.42. The maximum atomic E-state index is 14.2. The summed E-state index contributed by atoms with van der Waals surface area (Å²) < 4.78 is 38.8. The SMILES string of the molecule is COc1c(F)ccc(-c2[nH]c(C)cc2C(=O)NCC2CCC(c3ccnc4ccc(F)cc34)CC2)c1OC. The van der Waals surface area contributed by atoms with Crippen molar-refractivity contribution in [2.45, 2.75) is 38.5 Å². The summed E-state index contributed by atoms with van der Waals surface area (Å²) in [4.78, 5) is 20.9. The lowest BCUT2D eigenvalue weighted by Gasteiger charge is -2.29. The number of H-pyrrole nitrogens is 1. The van der Waals surface area contributed by atoms with Crippen molar-refractivity contribution in [3.63, 3.8) is 0 Å². The van der Waals surface area contributed by atoms with Gasteiger partial charge in [-0.05, 0) is 92.5 Å². The van der Waals surface area contributed by atoms with Crippen molar-refractivity contribution >= 4 is 16.8 Å². The van der Waals surface area contributed by atoms with Gasteiger partial charge in [0.05, 0.1) is 31.0 Å². The van der Waals surface area contributed by atoms with Crippen molar-refractivity contribution in [1.82, 2.24) is 15.3 Å². The van der Waals surface area contributed by atoms with Crippen molar-refractivity contribution in [2.75, 3.05) is 20.8 Å². The fourth-order valence-corrected chi connectivity index (χ4v) is 5.61. The van der Waals surface area contributed by atoms with Gasteiger partial charge < -0.3 is 19.8 Å². The Labute approximate surface area is 220 Å². The van der Waals surface area contributed by atoms with Gasteiger partial charge in [0.2, 0.25) is 0 Å². The van der Waals surface area contributed by atoms with E-state index in [1.807, 2.05) is 13.0 Å². The standard InChI is InChI=1S/C30H31F2N3O3/c1-17-14-24(27(35-17)22-9-10-25(32)29(38-3)28(22)37-2)30(36)34-16-18-4-6-19(7-5-18)21-12-13-33-26-11-8-20(31)15-23(21)26/h8-15,18-19,35H,4-7,16H2,1-3H3,(H,34,36). The fraction of sp³-hybridized carbons (Fsp3) is 0.333. The number of halogens is 2. The van der Waals surface area contributed by atoms with Gasteiger partial charge in [-0.15, -0.1) is 0 Å². The summed E-state index contributed by atoms with van der Waals surface area (Å²) in [6.07, 6.45) is 5.66. The van der Waals surface area contributed by atoms with E-state index in [1.54, 1.807) is 30.5 Å². The average molecular weight is 520 g/mol. The van der Waals surface area contributed by atoms with Crippen LogP contribution in [-0.4, -0.2) is 36.6 Å². The van der Waals surface area contributed by atoms with Gasteiger partial charge in [0, 0.05) is 29.4 Å². The smallest absolute Gasteiger partial charge is 0.253 e. The predicted octanol–water partition coefficient (Wildman–Crippen LogP) is 6.54. The molecule has 0 bridgehead atoms. The second kappa shape index (κ2) is 10.8. The Morgan fingerprint density at radius 3 is 2.53 bits per heavy atom. The normalized spacial score (nSPS) is 17.4. The van der Waals surface area contributed by atoms with E-state index in [2.05, 4.69) is 15.3 Å². The Bertz CT molecular complexity index is 1480. The van der Waals surface area contributed by atoms with Crippen LogP contribution >= 0.6 is 0 Å². The first-order valence-electron chi connectivity index (χ1n) is 12.8. The maximum absolute atomic E-state index is 14.2. The number of hydrogen-bond acceptors (Lipinski definition) is 4. The van der Waals surface area contributed by atoms with Crippen LogP contribution in [0.4, 0.5) is 8.78 Å². The highest BCUT2D eigenvalue weighted by Gasteiger charge is 2.26. The summed E-state index contributed by atoms with van der Waals surface area (Å²) in [5.74, 6) is -0.0806. The van der Waals surface area contributed by atoms with E-state index < -0.39 is 5.82 Å². The number of carbonyl (C=O) groups is 1. The first-order valence-corrected chi connectivity index (χ1v) is 12.8. The Kier molecular flexibility index (Phi) is 7.31. The number of pyridine rings is 1. The lowest BCUT2D eigenvalue weighted by molar-refractivity contribution is 0.0943. The molecule has 6 nitrogen and oxygen atoms in total. The molecule has 1 aliphatic carbocycles. The van der Waals surface area contributed by atoms with Crippen molar-refractivity contribution in [1.29, 1.82) is 0 Å². The number of hydrogen-bond donors (Lipinski definition) is 2. The molecule has 1 amide bonds. The minimum Gasteiger partial charge on any atom is -0.492 e. The quantitative estimate of drug-likeness (QED) is 0.291. The largest absolute Gasteiger partial charge is 0.492 e. The highest BCUT2D eigenvalue weighted by Crippen LogP contribution is 2.41. The third-order valence-electron chi connectivity index (χ3n) is 7.51. The van der Waals surface area contributed by atoms with Crippen LogP contribution in [-0.2, 0) is 0 Å². The zero-order valence-electron chi connectivity index (χ0n) is 21.7. The van der Waals surface area contributed by atoms with E-state index in [4.69, 9.17) is 9.47 Å². The molecule has 4 aromatic rings. The molecular weight excluding hydrogens is 488 g/mol. The molecule has 1 aliphatic rings. The molecule has 0 saturated heterocycles. The molecule has 0 spiro atoms. The van der Waals surface area contributed by atoms with Crippen LogP contribution in [0.2, 0.25) is 0 Å². The fourth-order valence-electron chi connectivity index (χ4n) is 5.61. The summed E-state index contributed by atoms with van der Waals surface area (Å²) in [5, 5.41) is 3.98. The first-order chi connectivity index (χ1) is 18.4. The Morgan fingerprint density at radius 2 is 1.79 bits per heavy atom. The molecular formula is C30H31F2N3O3. The van der Waals surface area contributed by atoms with Crippen LogP contribution in [0, 0.1) is 24.5 Å². The van der Waals surface area contributed by atoms with Crippen LogP contribution in [0.15, 0.2) is 48.7 Å². The molecule has 5 rings (SSSR count). The second-order valence-corrected chi connectivity index (χ2v) is 9.89. The minimum atomic E-state index is -0.539. The minimum absolute atomic E-state index is 0.00918. The van der Waals surface area contributed by atoms with Gasteiger partial charge in [-0.25, -0.2) is 8.78 Å². The maximum Gasteiger partial charge on any atom is 0.253 e. The van der Waals surface area contributed by atoms with Gasteiger partial charge in [-0.2, -0.15) is 0 Å². The van der Waals surface area contributed by atoms with Gasteiger partial charge in [0.25, 0.3) is 5.91 Å². The summed E-state index contributed by atoms with van der Waals surface area (Å²) >= 11 is 0. The molecule has 1 fully saturated rings. The molecule has 38 heavy (non-hydrogen) atoms. The number of nitrogens with zero attached hydrogens (tertiary/aromatic N) is 1. The van der Waals surface area contributed by atoms with Gasteiger partial charge in [-0.1, -0.05) is 0 Å². The molecule has 0 radical (unpaired) electrons. The summed E-state index contributed by atoms with van der Waals surface area (Å²) in [5.41, 5.74) is 4.33. The van der Waals surface area contributed by atoms with Gasteiger partial charge in [0.1, 0.15) is 5.82 Å². The number of aryl methyl sites for hydroxylation is 1. The third-order valence-corrected chi connectivity index (χ3v) is 7.51. The number of ether oxygens (including phenoxy) is 2. The van der Waals surface area contributed by atoms with E-state index >= 15 is 0 Å². The van der Waals surface area contributed by atoms with Gasteiger partial charge >= 0.3 is 0 Å². The monoisotopic (exact) mass is 519 g/mol. The molecule has 198 valence electrons. The second-order valence-electron chi connectivity index (χ2n) is 9.89. The van der Waals surface area contributed by atoms with Crippen LogP contribution in [0.3, 0.4) is 0 Å². The summed E-state index contributed by atoms with van der Waals surface area (Å²) in [6, 6.07) is 11.4. The number of aromatic nitrogens is 2. The third kappa shape index (κ3) is 4.95. The Balaban J connectivity index is 1.27. The molecule has 0 unspecified atom stereocenters. The van der Waals surface area contributed by atoms with Crippen LogP contribution in [0.5, 0.6) is 11.5 Å². The van der Waals surface area contributed by atoms with Crippen LogP contribution in [0.25, 0.3) is 22.2 Å². The Morgan fingerprint density at radius 1 is 1.03 bits per heavy atom. The van der Waals surface area contributed by atoms with Crippen LogP contribution in [0.1, 0.15) is 53.2 Å². The molecule has 1 saturated carbocycles. The molecule has 0 aliphatic heterocycles. The number of aromatic amines is 1. The van der Waals surface area contributed by atoms with Gasteiger partial charge in [-0.3, -0.25) is 9.78 Å². The lowest BCUT2D eigenvalue weighted by atomic mass is 9.78. The molecule has 2 aromatic heterocycles. The zero-order valence-corrected chi connectivity index (χ0v) is 21.7. The van der Waals surface area contributed by atoms with Crippen molar-refractivity contribution in [3.8, 4) is 22.8 Å².